The zero-order valence-electron chi connectivity index (χ0n) is 30.5. The molecule has 0 aromatic carbocycles. The summed E-state index contributed by atoms with van der Waals surface area (Å²) in [5.74, 6) is -6.30. The Hall–Kier alpha value is -3.78. The highest BCUT2D eigenvalue weighted by atomic mass is 16.4. The second-order valence-corrected chi connectivity index (χ2v) is 13.3. The molecule has 2 heterocycles. The maximum absolute atomic E-state index is 12.7. The van der Waals surface area contributed by atoms with Crippen molar-refractivity contribution in [3.05, 3.63) is 29.6 Å². The lowest BCUT2D eigenvalue weighted by atomic mass is 10.1. The van der Waals surface area contributed by atoms with Gasteiger partial charge in [0.1, 0.15) is 18.1 Å². The van der Waals surface area contributed by atoms with Crippen LogP contribution in [0.4, 0.5) is 0 Å². The molecule has 2 rings (SSSR count). The van der Waals surface area contributed by atoms with Crippen molar-refractivity contribution in [2.45, 2.75) is 83.1 Å². The van der Waals surface area contributed by atoms with Crippen LogP contribution in [0.1, 0.15) is 63.3 Å². The second kappa shape index (κ2) is 24.5. The Kier molecular flexibility index (Phi) is 21.0. The largest absolute Gasteiger partial charge is 0.480 e. The number of aliphatic hydroxyl groups excluding tert-OH is 4. The quantitative estimate of drug-likeness (QED) is 0.0578. The van der Waals surface area contributed by atoms with Crippen molar-refractivity contribution in [3.63, 3.8) is 0 Å². The zero-order chi connectivity index (χ0) is 39.3. The topological polar surface area (TPSA) is 274 Å². The molecule has 0 spiro atoms. The van der Waals surface area contributed by atoms with Crippen LogP contribution in [0.25, 0.3) is 0 Å². The third kappa shape index (κ3) is 15.2. The van der Waals surface area contributed by atoms with Gasteiger partial charge in [0.2, 0.25) is 11.8 Å². The van der Waals surface area contributed by atoms with Gasteiger partial charge >= 0.3 is 17.9 Å². The molecule has 0 fully saturated rings. The lowest BCUT2D eigenvalue weighted by molar-refractivity contribution is -0.147. The van der Waals surface area contributed by atoms with Crippen LogP contribution < -0.4 is 10.6 Å². The molecule has 0 aliphatic carbocycles. The Morgan fingerprint density at radius 2 is 0.981 bits per heavy atom. The number of aromatic nitrogens is 1. The molecule has 0 saturated heterocycles. The average Bonchev–Trinajstić information content (AvgIpc) is 3.11. The predicted molar refractivity (Wildman–Crippen MR) is 190 cm³/mol. The Morgan fingerprint density at radius 1 is 0.623 bits per heavy atom. The molecule has 300 valence electrons. The summed E-state index contributed by atoms with van der Waals surface area (Å²) >= 11 is 0. The summed E-state index contributed by atoms with van der Waals surface area (Å²) in [6, 6.07) is 2.27. The highest BCUT2D eigenvalue weighted by molar-refractivity contribution is 5.79. The number of fused-ring (bicyclic) bond motifs is 2. The number of pyridine rings is 1. The highest BCUT2D eigenvalue weighted by Gasteiger charge is 2.33. The molecule has 1 aromatic heterocycles. The van der Waals surface area contributed by atoms with Gasteiger partial charge in [0.25, 0.3) is 0 Å². The van der Waals surface area contributed by atoms with Crippen LogP contribution in [-0.4, -0.2) is 169 Å². The normalized spacial score (nSPS) is 16.7. The molecule has 1 aliphatic rings. The van der Waals surface area contributed by atoms with Crippen LogP contribution in [0.15, 0.2) is 18.2 Å². The number of aliphatic hydroxyl groups is 4. The summed E-state index contributed by atoms with van der Waals surface area (Å²) in [5, 5.41) is 73.2. The number of unbranched alkanes of at least 4 members (excludes halogenated alkanes) is 1. The van der Waals surface area contributed by atoms with E-state index in [2.05, 4.69) is 10.6 Å². The van der Waals surface area contributed by atoms with Crippen molar-refractivity contribution >= 4 is 29.7 Å². The smallest absolute Gasteiger partial charge is 0.320 e. The first-order valence-electron chi connectivity index (χ1n) is 18.2. The van der Waals surface area contributed by atoms with Crippen LogP contribution in [0, 0.1) is 11.8 Å². The van der Waals surface area contributed by atoms with E-state index in [1.165, 1.54) is 0 Å². The van der Waals surface area contributed by atoms with Crippen molar-refractivity contribution in [1.29, 1.82) is 0 Å². The van der Waals surface area contributed by atoms with Gasteiger partial charge in [0.05, 0.1) is 49.7 Å². The minimum atomic E-state index is -1.11. The van der Waals surface area contributed by atoms with E-state index in [0.29, 0.717) is 24.2 Å². The maximum Gasteiger partial charge on any atom is 0.320 e. The third-order valence-corrected chi connectivity index (χ3v) is 9.48. The number of nitrogens with zero attached hydrogens (tertiary/aromatic N) is 4. The van der Waals surface area contributed by atoms with E-state index in [-0.39, 0.29) is 78.0 Å². The van der Waals surface area contributed by atoms with Crippen LogP contribution in [0.5, 0.6) is 0 Å². The van der Waals surface area contributed by atoms with Crippen LogP contribution in [0.3, 0.4) is 0 Å². The number of hydrogen-bond donors (Lipinski definition) is 9. The van der Waals surface area contributed by atoms with E-state index < -0.39 is 86.1 Å². The first kappa shape index (κ1) is 45.4. The number of aliphatic carboxylic acids is 3. The van der Waals surface area contributed by atoms with Gasteiger partial charge in [-0.1, -0.05) is 25.8 Å². The second-order valence-electron chi connectivity index (χ2n) is 13.3. The molecule has 3 unspecified atom stereocenters. The number of carboxylic acid groups (broad SMARTS) is 3. The predicted octanol–water partition coefficient (Wildman–Crippen LogP) is -1.45. The van der Waals surface area contributed by atoms with Gasteiger partial charge in [-0.2, -0.15) is 0 Å². The van der Waals surface area contributed by atoms with E-state index in [1.807, 2.05) is 6.92 Å². The van der Waals surface area contributed by atoms with E-state index in [9.17, 15) is 59.7 Å². The average molecular weight is 755 g/mol. The molecule has 18 heteroatoms. The number of carbonyl (C=O) groups is 5. The van der Waals surface area contributed by atoms with Crippen LogP contribution in [-0.2, 0) is 37.1 Å². The third-order valence-electron chi connectivity index (χ3n) is 9.48. The van der Waals surface area contributed by atoms with Gasteiger partial charge in [0.15, 0.2) is 0 Å². The molecule has 1 aromatic rings. The fraction of sp³-hybridized carbons (Fsp3) is 0.714. The van der Waals surface area contributed by atoms with Gasteiger partial charge < -0.3 is 46.4 Å². The van der Waals surface area contributed by atoms with Crippen molar-refractivity contribution in [1.82, 2.24) is 30.3 Å². The summed E-state index contributed by atoms with van der Waals surface area (Å²) < 4.78 is 0. The van der Waals surface area contributed by atoms with Crippen molar-refractivity contribution < 1.29 is 59.7 Å². The standard InChI is InChI=1S/C35H58N6O12/c1-2-3-9-28(33(48)49)39-14-16-40(29(34(50)51)10-5-12-36-31(46)24(20-42)21-43)18-26-7-4-8-27(38-26)19-41(17-15-39)30(35(52)53)11-6-13-37-32(47)25(22-44)23-45/h4,7-8,24-25,28-30,42-45H,2-3,5-6,9-23H2,1H3,(H,36,46)(H,37,47)(H,48,49)(H,50,51)(H,52,53). The molecular weight excluding hydrogens is 696 g/mol. The van der Waals surface area contributed by atoms with Gasteiger partial charge in [0, 0.05) is 52.4 Å². The number of amides is 2. The zero-order valence-corrected chi connectivity index (χ0v) is 30.5. The number of rotatable bonds is 23. The molecule has 0 saturated carbocycles. The highest BCUT2D eigenvalue weighted by Crippen LogP contribution is 2.19. The minimum absolute atomic E-state index is 0.0968. The number of carbonyl (C=O) groups excluding carboxylic acids is 2. The molecule has 0 radical (unpaired) electrons. The molecular formula is C35H58N6O12. The van der Waals surface area contributed by atoms with Gasteiger partial charge in [-0.3, -0.25) is 43.7 Å². The lowest BCUT2D eigenvalue weighted by Crippen LogP contribution is -2.52. The van der Waals surface area contributed by atoms with E-state index in [4.69, 9.17) is 4.98 Å². The summed E-state index contributed by atoms with van der Waals surface area (Å²) in [6.45, 7) is 0.858. The van der Waals surface area contributed by atoms with Crippen LogP contribution in [0.2, 0.25) is 0 Å². The van der Waals surface area contributed by atoms with Gasteiger partial charge in [-0.25, -0.2) is 0 Å². The summed E-state index contributed by atoms with van der Waals surface area (Å²) in [7, 11) is 0. The summed E-state index contributed by atoms with van der Waals surface area (Å²) in [5.41, 5.74) is 1.06. The fourth-order valence-electron chi connectivity index (χ4n) is 6.28. The minimum Gasteiger partial charge on any atom is -0.480 e. The first-order valence-corrected chi connectivity index (χ1v) is 18.2. The number of carboxylic acids is 3. The van der Waals surface area contributed by atoms with Crippen molar-refractivity contribution in [2.75, 3.05) is 65.7 Å². The Morgan fingerprint density at radius 3 is 1.34 bits per heavy atom. The monoisotopic (exact) mass is 754 g/mol. The fourth-order valence-corrected chi connectivity index (χ4v) is 6.28. The first-order chi connectivity index (χ1) is 25.4. The Labute approximate surface area is 309 Å². The molecule has 2 amide bonds. The molecule has 1 aliphatic heterocycles. The van der Waals surface area contributed by atoms with E-state index >= 15 is 0 Å². The van der Waals surface area contributed by atoms with E-state index in [0.717, 1.165) is 6.42 Å². The molecule has 9 N–H and O–H groups in total. The molecule has 3 atom stereocenters. The van der Waals surface area contributed by atoms with Gasteiger partial charge in [-0.15, -0.1) is 0 Å². The van der Waals surface area contributed by atoms with Crippen LogP contribution >= 0.6 is 0 Å². The summed E-state index contributed by atoms with van der Waals surface area (Å²) in [4.78, 5) is 72.2. The molecule has 18 nitrogen and oxygen atoms in total. The van der Waals surface area contributed by atoms with Crippen molar-refractivity contribution in [2.24, 2.45) is 11.8 Å². The number of hydrogen-bond acceptors (Lipinski definition) is 13. The lowest BCUT2D eigenvalue weighted by Gasteiger charge is -2.37. The van der Waals surface area contributed by atoms with Gasteiger partial charge in [-0.05, 0) is 44.2 Å². The molecule has 2 bridgehead atoms. The summed E-state index contributed by atoms with van der Waals surface area (Å²) in [6.07, 6.45) is 2.52. The number of nitrogens with one attached hydrogen (secondary N) is 2. The van der Waals surface area contributed by atoms with Crippen molar-refractivity contribution in [3.8, 4) is 0 Å². The maximum atomic E-state index is 12.7. The Bertz CT molecular complexity index is 1220. The SMILES string of the molecule is CCCCC(C(=O)O)N1CCN(C(CCCNC(=O)C(CO)CO)C(=O)O)Cc2cccc(n2)CN(C(CCCNC(=O)C(CO)CO)C(=O)O)CC1. The van der Waals surface area contributed by atoms with E-state index in [1.54, 1.807) is 32.9 Å². The Balaban J connectivity index is 2.39. The molecule has 53 heavy (non-hydrogen) atoms.